The van der Waals surface area contributed by atoms with Crippen LogP contribution < -0.4 is 9.47 Å². The first-order valence-corrected chi connectivity index (χ1v) is 11.0. The van der Waals surface area contributed by atoms with Gasteiger partial charge in [0.1, 0.15) is 11.5 Å². The van der Waals surface area contributed by atoms with Gasteiger partial charge in [-0.2, -0.15) is 0 Å². The summed E-state index contributed by atoms with van der Waals surface area (Å²) in [7, 11) is 3.35. The molecule has 0 amide bonds. The third-order valence-electron chi connectivity index (χ3n) is 6.09. The molecule has 0 atom stereocenters. The van der Waals surface area contributed by atoms with Crippen LogP contribution in [0.5, 0.6) is 11.5 Å². The average Bonchev–Trinajstić information content (AvgIpc) is 3.40. The van der Waals surface area contributed by atoms with Gasteiger partial charge in [-0.25, -0.2) is 0 Å². The second-order valence-electron chi connectivity index (χ2n) is 7.85. The van der Waals surface area contributed by atoms with Crippen LogP contribution in [-0.2, 0) is 0 Å². The molecule has 6 rings (SSSR count). The van der Waals surface area contributed by atoms with Crippen molar-refractivity contribution < 1.29 is 9.47 Å². The van der Waals surface area contributed by atoms with E-state index in [1.54, 1.807) is 14.2 Å². The molecule has 1 aliphatic heterocycles. The van der Waals surface area contributed by atoms with Crippen molar-refractivity contribution in [2.45, 2.75) is 0 Å². The summed E-state index contributed by atoms with van der Waals surface area (Å²) < 4.78 is 13.6. The van der Waals surface area contributed by atoms with Gasteiger partial charge in [0.2, 0.25) is 0 Å². The quantitative estimate of drug-likeness (QED) is 0.314. The van der Waals surface area contributed by atoms with Crippen molar-refractivity contribution in [2.24, 2.45) is 0 Å². The number of ether oxygens (including phenoxy) is 2. The molecule has 0 fully saturated rings. The van der Waals surface area contributed by atoms with Gasteiger partial charge in [-0.3, -0.25) is 14.8 Å². The van der Waals surface area contributed by atoms with E-state index in [9.17, 15) is 0 Å². The monoisotopic (exact) mass is 453 g/mol. The highest BCUT2D eigenvalue weighted by Gasteiger charge is 2.26. The maximum absolute atomic E-state index is 6.24. The van der Waals surface area contributed by atoms with Crippen LogP contribution in [0.1, 0.15) is 0 Å². The van der Waals surface area contributed by atoms with Crippen molar-refractivity contribution in [1.82, 2.24) is 14.8 Å². The number of benzene rings is 3. The fourth-order valence-electron chi connectivity index (χ4n) is 4.64. The Labute approximate surface area is 195 Å². The summed E-state index contributed by atoms with van der Waals surface area (Å²) in [5, 5.41) is 7.63. The summed E-state index contributed by atoms with van der Waals surface area (Å²) in [6.45, 7) is 0. The van der Waals surface area contributed by atoms with E-state index in [1.807, 2.05) is 48.7 Å². The molecule has 33 heavy (non-hydrogen) atoms. The van der Waals surface area contributed by atoms with Crippen LogP contribution >= 0.6 is 11.6 Å². The fraction of sp³-hybridized carbons (Fsp3) is 0.0741. The van der Waals surface area contributed by atoms with Crippen molar-refractivity contribution >= 4 is 33.3 Å². The van der Waals surface area contributed by atoms with Crippen LogP contribution in [0.2, 0.25) is 5.02 Å². The summed E-state index contributed by atoms with van der Waals surface area (Å²) >= 11 is 6.24. The predicted octanol–water partition coefficient (Wildman–Crippen LogP) is 6.95. The Balaban J connectivity index is 1.74. The molecule has 1 N–H and O–H groups in total. The van der Waals surface area contributed by atoms with E-state index in [1.165, 1.54) is 5.39 Å². The molecule has 2 heterocycles. The van der Waals surface area contributed by atoms with Crippen molar-refractivity contribution in [3.8, 4) is 39.7 Å². The zero-order valence-electron chi connectivity index (χ0n) is 18.1. The normalized spacial score (nSPS) is 11.5. The van der Waals surface area contributed by atoms with Crippen LogP contribution in [0.4, 0.5) is 0 Å². The van der Waals surface area contributed by atoms with Gasteiger partial charge in [-0.05, 0) is 47.9 Å². The third kappa shape index (κ3) is 2.97. The van der Waals surface area contributed by atoms with Crippen LogP contribution in [-0.4, -0.2) is 29.0 Å². The topological polar surface area (TPSA) is 52.1 Å². The third-order valence-corrected chi connectivity index (χ3v) is 6.32. The van der Waals surface area contributed by atoms with Gasteiger partial charge in [-0.15, -0.1) is 0 Å². The van der Waals surface area contributed by atoms with Gasteiger partial charge in [0, 0.05) is 27.6 Å². The molecule has 1 aromatic heterocycles. The molecule has 6 heteroatoms. The molecule has 4 aromatic rings. The summed E-state index contributed by atoms with van der Waals surface area (Å²) in [5.41, 5.74) is 5.78. The lowest BCUT2D eigenvalue weighted by Crippen LogP contribution is -2.00. The highest BCUT2D eigenvalue weighted by molar-refractivity contribution is 6.31. The fourth-order valence-corrected chi connectivity index (χ4v) is 4.80. The number of aromatic amines is 1. The number of nitrogens with one attached hydrogen (secondary N) is 1. The molecule has 0 saturated heterocycles. The summed E-state index contributed by atoms with van der Waals surface area (Å²) in [6, 6.07) is 24.2. The Morgan fingerprint density at radius 3 is 2.42 bits per heavy atom. The molecule has 162 valence electrons. The minimum absolute atomic E-state index is 0.659. The number of nitrogens with zero attached hydrogens (tertiary/aromatic N) is 2. The SMILES string of the molecule is COc1cccc(OC)c1-c1[nH]n(-c2ccnc3cc(Cl)ccc23)c2c3ccccc3cc1-2. The second kappa shape index (κ2) is 7.57. The highest BCUT2D eigenvalue weighted by Crippen LogP contribution is 2.47. The van der Waals surface area contributed by atoms with Gasteiger partial charge < -0.3 is 9.47 Å². The van der Waals surface area contributed by atoms with E-state index in [4.69, 9.17) is 21.1 Å². The Morgan fingerprint density at radius 1 is 0.848 bits per heavy atom. The van der Waals surface area contributed by atoms with E-state index in [0.29, 0.717) is 5.02 Å². The van der Waals surface area contributed by atoms with Gasteiger partial charge in [0.05, 0.1) is 42.4 Å². The lowest BCUT2D eigenvalue weighted by Gasteiger charge is -2.12. The summed E-state index contributed by atoms with van der Waals surface area (Å²) in [5.74, 6) is 1.47. The van der Waals surface area contributed by atoms with E-state index in [-0.39, 0.29) is 0 Å². The van der Waals surface area contributed by atoms with E-state index in [2.05, 4.69) is 45.1 Å². The number of H-pyrrole nitrogens is 1. The highest BCUT2D eigenvalue weighted by atomic mass is 35.5. The van der Waals surface area contributed by atoms with Crippen LogP contribution in [0.25, 0.3) is 49.9 Å². The maximum atomic E-state index is 6.24. The number of pyridine rings is 1. The number of methoxy groups -OCH3 is 2. The molecule has 0 bridgehead atoms. The molecule has 0 unspecified atom stereocenters. The lowest BCUT2D eigenvalue weighted by molar-refractivity contribution is 0.397. The molecule has 2 aliphatic rings. The predicted molar refractivity (Wildman–Crippen MR) is 133 cm³/mol. The largest absolute Gasteiger partial charge is 0.496 e. The van der Waals surface area contributed by atoms with Crippen LogP contribution in [0.3, 0.4) is 0 Å². The smallest absolute Gasteiger partial charge is 0.132 e. The van der Waals surface area contributed by atoms with Gasteiger partial charge in [-0.1, -0.05) is 41.9 Å². The molecular weight excluding hydrogens is 434 g/mol. The van der Waals surface area contributed by atoms with Crippen molar-refractivity contribution in [3.05, 3.63) is 84.0 Å². The first-order valence-electron chi connectivity index (χ1n) is 10.6. The Kier molecular flexibility index (Phi) is 4.52. The number of hydrogen-bond acceptors (Lipinski definition) is 3. The Hall–Kier alpha value is -3.96. The van der Waals surface area contributed by atoms with Crippen molar-refractivity contribution in [1.29, 1.82) is 0 Å². The van der Waals surface area contributed by atoms with E-state index in [0.717, 1.165) is 56.0 Å². The van der Waals surface area contributed by atoms with Crippen molar-refractivity contribution in [3.63, 3.8) is 0 Å². The van der Waals surface area contributed by atoms with Gasteiger partial charge in [0.15, 0.2) is 0 Å². The number of halogens is 1. The number of aromatic nitrogens is 3. The molecule has 0 radical (unpaired) electrons. The lowest BCUT2D eigenvalue weighted by atomic mass is 10.0. The average molecular weight is 454 g/mol. The second-order valence-corrected chi connectivity index (χ2v) is 8.28. The molecular formula is C27H20ClN3O2. The minimum atomic E-state index is 0.659. The zero-order chi connectivity index (χ0) is 22.5. The Morgan fingerprint density at radius 2 is 1.64 bits per heavy atom. The number of fused-ring (bicyclic) bond motifs is 4. The summed E-state index contributed by atoms with van der Waals surface area (Å²) in [6.07, 6.45) is 1.81. The zero-order valence-corrected chi connectivity index (χ0v) is 18.9. The van der Waals surface area contributed by atoms with E-state index >= 15 is 0 Å². The minimum Gasteiger partial charge on any atom is -0.496 e. The van der Waals surface area contributed by atoms with Crippen LogP contribution in [0.15, 0.2) is 79.0 Å². The summed E-state index contributed by atoms with van der Waals surface area (Å²) in [4.78, 5) is 4.53. The molecule has 0 saturated carbocycles. The van der Waals surface area contributed by atoms with Gasteiger partial charge in [0.25, 0.3) is 0 Å². The first-order chi connectivity index (χ1) is 16.2. The molecule has 5 nitrogen and oxygen atoms in total. The first kappa shape index (κ1) is 19.7. The standard InChI is InChI=1S/C27H20ClN3O2/c1-32-23-8-5-9-24(33-2)25(23)26-20-14-16-6-3-4-7-18(16)27(20)31(30-26)22-12-13-29-21-15-17(28)10-11-19(21)22/h3-15,30H,1-2H3. The molecule has 3 aromatic carbocycles. The van der Waals surface area contributed by atoms with Crippen molar-refractivity contribution in [2.75, 3.05) is 14.2 Å². The maximum Gasteiger partial charge on any atom is 0.132 e. The van der Waals surface area contributed by atoms with Gasteiger partial charge >= 0.3 is 0 Å². The van der Waals surface area contributed by atoms with Crippen LogP contribution in [0, 0.1) is 0 Å². The number of hydrogen-bond donors (Lipinski definition) is 1. The van der Waals surface area contributed by atoms with E-state index < -0.39 is 0 Å². The Bertz CT molecular complexity index is 1590. The number of rotatable bonds is 4. The molecule has 0 spiro atoms. The molecule has 1 aliphatic carbocycles.